The van der Waals surface area contributed by atoms with Crippen molar-refractivity contribution in [3.8, 4) is 0 Å². The number of anilines is 1. The molecule has 0 aliphatic carbocycles. The number of hydrogen-bond acceptors (Lipinski definition) is 4. The number of likely N-dealkylation sites (N-methyl/N-ethyl adjacent to an activating group) is 1. The molecular formula is C19H31N3O3. The predicted molar refractivity (Wildman–Crippen MR) is 101 cm³/mol. The van der Waals surface area contributed by atoms with E-state index in [4.69, 9.17) is 4.74 Å². The molecule has 0 bridgehead atoms. The average molecular weight is 349 g/mol. The zero-order chi connectivity index (χ0) is 18.4. The number of carbonyl (C=O) groups is 1. The first kappa shape index (κ1) is 19.7. The maximum absolute atomic E-state index is 11.8. The Bertz CT molecular complexity index is 569. The molecule has 0 unspecified atom stereocenters. The Morgan fingerprint density at radius 3 is 2.56 bits per heavy atom. The van der Waals surface area contributed by atoms with Gasteiger partial charge in [-0.05, 0) is 31.8 Å². The number of morpholine rings is 1. The third-order valence-corrected chi connectivity index (χ3v) is 4.63. The molecule has 1 amide bonds. The fraction of sp³-hybridized carbons (Fsp3) is 0.632. The van der Waals surface area contributed by atoms with Crippen molar-refractivity contribution in [1.29, 1.82) is 0 Å². The molecule has 1 aromatic carbocycles. The first-order valence-corrected chi connectivity index (χ1v) is 8.85. The van der Waals surface area contributed by atoms with Crippen LogP contribution in [-0.4, -0.2) is 81.0 Å². The number of hydrogen-bond donors (Lipinski definition) is 1. The summed E-state index contributed by atoms with van der Waals surface area (Å²) in [5.74, 6) is 0. The number of nitrogens with zero attached hydrogens (tertiary/aromatic N) is 3. The van der Waals surface area contributed by atoms with Crippen LogP contribution in [0.4, 0.5) is 10.5 Å². The third kappa shape index (κ3) is 5.70. The average Bonchev–Trinajstić information content (AvgIpc) is 2.55. The summed E-state index contributed by atoms with van der Waals surface area (Å²) in [7, 11) is 4.11. The Kier molecular flexibility index (Phi) is 6.81. The molecule has 1 N–H and O–H groups in total. The van der Waals surface area contributed by atoms with Crippen LogP contribution in [0.2, 0.25) is 0 Å². The van der Waals surface area contributed by atoms with Crippen LogP contribution in [0.3, 0.4) is 0 Å². The molecule has 2 rings (SSSR count). The van der Waals surface area contributed by atoms with Gasteiger partial charge >= 0.3 is 6.09 Å². The van der Waals surface area contributed by atoms with E-state index in [0.29, 0.717) is 6.54 Å². The van der Waals surface area contributed by atoms with E-state index in [1.54, 1.807) is 0 Å². The molecule has 1 fully saturated rings. The van der Waals surface area contributed by atoms with E-state index in [1.165, 1.54) is 4.90 Å². The molecule has 1 heterocycles. The summed E-state index contributed by atoms with van der Waals surface area (Å²) in [5.41, 5.74) is 1.84. The van der Waals surface area contributed by atoms with Crippen LogP contribution in [-0.2, 0) is 10.2 Å². The molecule has 0 atom stereocenters. The van der Waals surface area contributed by atoms with Crippen LogP contribution in [0.15, 0.2) is 24.3 Å². The smallest absolute Gasteiger partial charge is 0.411 e. The zero-order valence-corrected chi connectivity index (χ0v) is 15.9. The highest BCUT2D eigenvalue weighted by molar-refractivity contribution is 5.86. The monoisotopic (exact) mass is 349 g/mol. The van der Waals surface area contributed by atoms with Crippen molar-refractivity contribution in [3.05, 3.63) is 29.8 Å². The summed E-state index contributed by atoms with van der Waals surface area (Å²) >= 11 is 0. The van der Waals surface area contributed by atoms with E-state index in [2.05, 4.69) is 43.8 Å². The largest absolute Gasteiger partial charge is 0.465 e. The van der Waals surface area contributed by atoms with Crippen molar-refractivity contribution < 1.29 is 14.6 Å². The molecule has 0 radical (unpaired) electrons. The standard InChI is InChI=1S/C19H31N3O3/c1-19(2,15-20(3)4)16-6-5-7-17(14-16)22(18(23)24)9-8-21-10-12-25-13-11-21/h5-7,14H,8-13,15H2,1-4H3,(H,23,24). The van der Waals surface area contributed by atoms with E-state index >= 15 is 0 Å². The van der Waals surface area contributed by atoms with Crippen molar-refractivity contribution in [2.75, 3.05) is 64.9 Å². The molecule has 0 spiro atoms. The predicted octanol–water partition coefficient (Wildman–Crippen LogP) is 2.34. The van der Waals surface area contributed by atoms with E-state index in [0.717, 1.165) is 50.6 Å². The lowest BCUT2D eigenvalue weighted by atomic mass is 9.84. The Morgan fingerprint density at radius 1 is 1.28 bits per heavy atom. The van der Waals surface area contributed by atoms with Gasteiger partial charge in [0.2, 0.25) is 0 Å². The van der Waals surface area contributed by atoms with Gasteiger partial charge < -0.3 is 14.7 Å². The van der Waals surface area contributed by atoms with Gasteiger partial charge in [0.05, 0.1) is 13.2 Å². The fourth-order valence-electron chi connectivity index (χ4n) is 3.38. The summed E-state index contributed by atoms with van der Waals surface area (Å²) in [6.07, 6.45) is -0.907. The van der Waals surface area contributed by atoms with Gasteiger partial charge in [-0.2, -0.15) is 0 Å². The Hall–Kier alpha value is -1.63. The van der Waals surface area contributed by atoms with Gasteiger partial charge in [-0.15, -0.1) is 0 Å². The minimum Gasteiger partial charge on any atom is -0.465 e. The molecule has 1 aliphatic heterocycles. The second-order valence-electron chi connectivity index (χ2n) is 7.56. The Labute approximate surface area is 151 Å². The van der Waals surface area contributed by atoms with Crippen LogP contribution in [0.1, 0.15) is 19.4 Å². The maximum Gasteiger partial charge on any atom is 0.411 e. The number of amides is 1. The van der Waals surface area contributed by atoms with Crippen LogP contribution in [0, 0.1) is 0 Å². The Balaban J connectivity index is 2.12. The highest BCUT2D eigenvalue weighted by Gasteiger charge is 2.24. The number of benzene rings is 1. The minimum absolute atomic E-state index is 0.0477. The van der Waals surface area contributed by atoms with Crippen LogP contribution in [0.5, 0.6) is 0 Å². The summed E-state index contributed by atoms with van der Waals surface area (Å²) in [4.78, 5) is 17.6. The van der Waals surface area contributed by atoms with E-state index in [9.17, 15) is 9.90 Å². The summed E-state index contributed by atoms with van der Waals surface area (Å²) < 4.78 is 5.35. The first-order chi connectivity index (χ1) is 11.8. The lowest BCUT2D eigenvalue weighted by Gasteiger charge is -2.31. The molecule has 25 heavy (non-hydrogen) atoms. The summed E-state index contributed by atoms with van der Waals surface area (Å²) in [6.45, 7) is 9.64. The lowest BCUT2D eigenvalue weighted by molar-refractivity contribution is 0.0392. The highest BCUT2D eigenvalue weighted by Crippen LogP contribution is 2.27. The van der Waals surface area contributed by atoms with Crippen LogP contribution in [0.25, 0.3) is 0 Å². The van der Waals surface area contributed by atoms with Gasteiger partial charge in [0.1, 0.15) is 0 Å². The van der Waals surface area contributed by atoms with Gasteiger partial charge in [-0.1, -0.05) is 26.0 Å². The second-order valence-corrected chi connectivity index (χ2v) is 7.56. The van der Waals surface area contributed by atoms with Crippen molar-refractivity contribution in [2.45, 2.75) is 19.3 Å². The highest BCUT2D eigenvalue weighted by atomic mass is 16.5. The fourth-order valence-corrected chi connectivity index (χ4v) is 3.38. The quantitative estimate of drug-likeness (QED) is 0.819. The van der Waals surface area contributed by atoms with Crippen molar-refractivity contribution in [3.63, 3.8) is 0 Å². The van der Waals surface area contributed by atoms with Crippen molar-refractivity contribution in [2.24, 2.45) is 0 Å². The molecule has 6 heteroatoms. The van der Waals surface area contributed by atoms with E-state index < -0.39 is 6.09 Å². The zero-order valence-electron chi connectivity index (χ0n) is 15.9. The molecule has 1 saturated heterocycles. The molecule has 6 nitrogen and oxygen atoms in total. The summed E-state index contributed by atoms with van der Waals surface area (Å²) in [6, 6.07) is 7.92. The molecule has 140 valence electrons. The van der Waals surface area contributed by atoms with Crippen molar-refractivity contribution in [1.82, 2.24) is 9.80 Å². The molecule has 0 saturated carbocycles. The van der Waals surface area contributed by atoms with Gasteiger partial charge in [0.25, 0.3) is 0 Å². The molecule has 0 aromatic heterocycles. The first-order valence-electron chi connectivity index (χ1n) is 8.85. The normalized spacial score (nSPS) is 16.2. The number of rotatable bonds is 7. The SMILES string of the molecule is CN(C)CC(C)(C)c1cccc(N(CCN2CCOCC2)C(=O)O)c1. The van der Waals surface area contributed by atoms with E-state index in [1.807, 2.05) is 18.2 Å². The van der Waals surface area contributed by atoms with E-state index in [-0.39, 0.29) is 5.41 Å². The molecule has 1 aliphatic rings. The molecular weight excluding hydrogens is 318 g/mol. The Morgan fingerprint density at radius 2 is 1.96 bits per heavy atom. The minimum atomic E-state index is -0.907. The van der Waals surface area contributed by atoms with Gasteiger partial charge in [0, 0.05) is 43.8 Å². The van der Waals surface area contributed by atoms with Gasteiger partial charge in [0.15, 0.2) is 0 Å². The van der Waals surface area contributed by atoms with Gasteiger partial charge in [-0.25, -0.2) is 4.79 Å². The maximum atomic E-state index is 11.8. The number of ether oxygens (including phenoxy) is 1. The van der Waals surface area contributed by atoms with Crippen molar-refractivity contribution >= 4 is 11.8 Å². The number of carboxylic acid groups (broad SMARTS) is 1. The lowest BCUT2D eigenvalue weighted by Crippen LogP contribution is -2.43. The van der Waals surface area contributed by atoms with Gasteiger partial charge in [-0.3, -0.25) is 9.80 Å². The molecule has 1 aromatic rings. The van der Waals surface area contributed by atoms with Crippen LogP contribution < -0.4 is 4.90 Å². The summed E-state index contributed by atoms with van der Waals surface area (Å²) in [5, 5.41) is 9.67. The second kappa shape index (κ2) is 8.65. The third-order valence-electron chi connectivity index (χ3n) is 4.63. The topological polar surface area (TPSA) is 56.2 Å². The van der Waals surface area contributed by atoms with Crippen LogP contribution >= 0.6 is 0 Å².